The molecule has 0 saturated heterocycles. The first kappa shape index (κ1) is 39.1. The molecule has 5 nitrogen and oxygen atoms in total. The Kier molecular flexibility index (Phi) is 16.7. The monoisotopic (exact) mass is 782 g/mol. The molecule has 0 radical (unpaired) electrons. The van der Waals surface area contributed by atoms with Crippen LogP contribution in [0.25, 0.3) is 22.3 Å². The highest BCUT2D eigenvalue weighted by atomic mass is 79.9. The van der Waals surface area contributed by atoms with Crippen molar-refractivity contribution in [1.29, 1.82) is 0 Å². The molecule has 0 saturated carbocycles. The van der Waals surface area contributed by atoms with Gasteiger partial charge in [-0.15, -0.1) is 0 Å². The molecule has 6 aromatic rings. The standard InChI is InChI=1S/C14H14O.C13H11BrO.C7H9BO3.C7H7Br/c1-11-7-3-4-8-12(11)13-9-5-6-10-14(13)15-2;1-15-13-9-5-3-7-11(13)10-6-2-4-8-12(10)14;1-11-7-5-3-2-4-6(7)8(9)10;1-6-4-2-3-5-7(6)8/h3-10H,1-2H3;2-9H,1H3;2-5,9-10H,1H3;2-5H,1H3. The number of methoxy groups -OCH3 is 3. The van der Waals surface area contributed by atoms with Crippen molar-refractivity contribution in [3.8, 4) is 39.5 Å². The molecular weight excluding hydrogens is 743 g/mol. The summed E-state index contributed by atoms with van der Waals surface area (Å²) < 4.78 is 17.8. The molecule has 0 aromatic heterocycles. The molecule has 0 unspecified atom stereocenters. The number of hydrogen-bond donors (Lipinski definition) is 2. The van der Waals surface area contributed by atoms with Gasteiger partial charge < -0.3 is 24.3 Å². The van der Waals surface area contributed by atoms with Gasteiger partial charge >= 0.3 is 7.12 Å². The number of ether oxygens (including phenoxy) is 3. The van der Waals surface area contributed by atoms with E-state index in [4.69, 9.17) is 24.3 Å². The van der Waals surface area contributed by atoms with Crippen LogP contribution in [-0.2, 0) is 0 Å². The Morgan fingerprint density at radius 3 is 1.18 bits per heavy atom. The summed E-state index contributed by atoms with van der Waals surface area (Å²) in [6, 6.07) is 47.5. The third kappa shape index (κ3) is 11.9. The van der Waals surface area contributed by atoms with Crippen LogP contribution in [0.2, 0.25) is 0 Å². The molecule has 6 aromatic carbocycles. The lowest BCUT2D eigenvalue weighted by Gasteiger charge is -2.10. The smallest absolute Gasteiger partial charge is 0.492 e. The lowest BCUT2D eigenvalue weighted by molar-refractivity contribution is 0.403. The average molecular weight is 784 g/mol. The summed E-state index contributed by atoms with van der Waals surface area (Å²) in [5.41, 5.74) is 7.57. The highest BCUT2D eigenvalue weighted by Gasteiger charge is 2.15. The van der Waals surface area contributed by atoms with Gasteiger partial charge in [0.2, 0.25) is 0 Å². The van der Waals surface area contributed by atoms with Gasteiger partial charge in [0.25, 0.3) is 0 Å². The van der Waals surface area contributed by atoms with E-state index in [-0.39, 0.29) is 0 Å². The topological polar surface area (TPSA) is 68.2 Å². The zero-order valence-corrected chi connectivity index (χ0v) is 31.5. The minimum absolute atomic E-state index is 0.384. The van der Waals surface area contributed by atoms with Crippen molar-refractivity contribution in [3.05, 3.63) is 166 Å². The number of benzene rings is 6. The molecule has 0 aliphatic carbocycles. The molecule has 0 fully saturated rings. The Balaban J connectivity index is 0.000000182. The first-order valence-corrected chi connectivity index (χ1v) is 17.1. The van der Waals surface area contributed by atoms with E-state index in [1.807, 2.05) is 78.9 Å². The Labute approximate surface area is 307 Å². The van der Waals surface area contributed by atoms with Crippen LogP contribution in [0.5, 0.6) is 17.2 Å². The third-order valence-electron chi connectivity index (χ3n) is 7.31. The average Bonchev–Trinajstić information content (AvgIpc) is 3.14. The maximum Gasteiger partial charge on any atom is 0.492 e. The molecule has 0 atom stereocenters. The van der Waals surface area contributed by atoms with Crippen LogP contribution in [0.4, 0.5) is 0 Å². The van der Waals surface area contributed by atoms with Gasteiger partial charge in [-0.25, -0.2) is 0 Å². The van der Waals surface area contributed by atoms with Gasteiger partial charge in [0.05, 0.1) is 21.3 Å². The van der Waals surface area contributed by atoms with Gasteiger partial charge in [0.15, 0.2) is 0 Å². The van der Waals surface area contributed by atoms with E-state index >= 15 is 0 Å². The third-order valence-corrected chi connectivity index (χ3v) is 8.89. The van der Waals surface area contributed by atoms with Crippen molar-refractivity contribution in [1.82, 2.24) is 0 Å². The Hall–Kier alpha value is -4.34. The van der Waals surface area contributed by atoms with Gasteiger partial charge in [-0.2, -0.15) is 0 Å². The number of rotatable bonds is 6. The van der Waals surface area contributed by atoms with Gasteiger partial charge in [-0.05, 0) is 66.4 Å². The van der Waals surface area contributed by atoms with Crippen molar-refractivity contribution in [2.75, 3.05) is 21.3 Å². The SMILES string of the molecule is COc1ccccc1-c1ccccc1Br.COc1ccccc1-c1ccccc1C.COc1ccccc1B(O)O.Cc1ccccc1Br. The van der Waals surface area contributed by atoms with E-state index < -0.39 is 7.12 Å². The van der Waals surface area contributed by atoms with Crippen molar-refractivity contribution in [2.45, 2.75) is 13.8 Å². The normalized spacial score (nSPS) is 9.73. The molecule has 0 spiro atoms. The number of hydrogen-bond acceptors (Lipinski definition) is 5. The molecule has 0 bridgehead atoms. The van der Waals surface area contributed by atoms with E-state index in [0.29, 0.717) is 11.2 Å². The lowest BCUT2D eigenvalue weighted by Crippen LogP contribution is -2.30. The fraction of sp³-hybridized carbons (Fsp3) is 0.122. The van der Waals surface area contributed by atoms with E-state index in [2.05, 4.69) is 88.2 Å². The molecule has 252 valence electrons. The van der Waals surface area contributed by atoms with Gasteiger partial charge in [-0.3, -0.25) is 0 Å². The van der Waals surface area contributed by atoms with E-state index in [9.17, 15) is 0 Å². The predicted octanol–water partition coefficient (Wildman–Crippen LogP) is 9.93. The van der Waals surface area contributed by atoms with E-state index in [1.54, 1.807) is 38.5 Å². The van der Waals surface area contributed by atoms with Crippen molar-refractivity contribution >= 4 is 44.4 Å². The quantitative estimate of drug-likeness (QED) is 0.165. The predicted molar refractivity (Wildman–Crippen MR) is 211 cm³/mol. The fourth-order valence-electron chi connectivity index (χ4n) is 4.72. The molecule has 0 heterocycles. The molecule has 0 amide bonds. The van der Waals surface area contributed by atoms with E-state index in [0.717, 1.165) is 32.7 Å². The second kappa shape index (κ2) is 20.9. The van der Waals surface area contributed by atoms with Crippen LogP contribution >= 0.6 is 31.9 Å². The van der Waals surface area contributed by atoms with E-state index in [1.165, 1.54) is 28.3 Å². The van der Waals surface area contributed by atoms with Crippen LogP contribution in [0.3, 0.4) is 0 Å². The van der Waals surface area contributed by atoms with Crippen LogP contribution < -0.4 is 19.7 Å². The van der Waals surface area contributed by atoms with Crippen molar-refractivity contribution in [2.24, 2.45) is 0 Å². The van der Waals surface area contributed by atoms with Crippen LogP contribution in [0, 0.1) is 13.8 Å². The molecule has 0 aliphatic rings. The van der Waals surface area contributed by atoms with Crippen LogP contribution in [-0.4, -0.2) is 38.5 Å². The van der Waals surface area contributed by atoms with Crippen molar-refractivity contribution in [3.63, 3.8) is 0 Å². The molecule has 8 heteroatoms. The first-order valence-electron chi connectivity index (χ1n) is 15.5. The summed E-state index contributed by atoms with van der Waals surface area (Å²) in [4.78, 5) is 0. The molecule has 0 aliphatic heterocycles. The second-order valence-electron chi connectivity index (χ2n) is 10.6. The summed E-state index contributed by atoms with van der Waals surface area (Å²) in [6.45, 7) is 4.19. The van der Waals surface area contributed by atoms with Crippen molar-refractivity contribution < 1.29 is 24.3 Å². The number of aryl methyl sites for hydroxylation is 2. The lowest BCUT2D eigenvalue weighted by atomic mass is 9.80. The molecule has 6 rings (SSSR count). The minimum Gasteiger partial charge on any atom is -0.497 e. The largest absolute Gasteiger partial charge is 0.497 e. The Morgan fingerprint density at radius 1 is 0.408 bits per heavy atom. The van der Waals surface area contributed by atoms with Gasteiger partial charge in [0.1, 0.15) is 17.2 Å². The Bertz CT molecular complexity index is 1770. The molecule has 49 heavy (non-hydrogen) atoms. The molecular formula is C41H41BBr2O5. The highest BCUT2D eigenvalue weighted by Crippen LogP contribution is 2.34. The second-order valence-corrected chi connectivity index (χ2v) is 12.3. The summed E-state index contributed by atoms with van der Waals surface area (Å²) in [7, 11) is 3.42. The summed E-state index contributed by atoms with van der Waals surface area (Å²) in [6.07, 6.45) is 0. The summed E-state index contributed by atoms with van der Waals surface area (Å²) in [5.74, 6) is 2.30. The first-order chi connectivity index (χ1) is 23.7. The molecule has 2 N–H and O–H groups in total. The van der Waals surface area contributed by atoms with Gasteiger partial charge in [-0.1, -0.05) is 147 Å². The summed E-state index contributed by atoms with van der Waals surface area (Å²) >= 11 is 6.94. The van der Waals surface area contributed by atoms with Crippen LogP contribution in [0.15, 0.2) is 155 Å². The zero-order chi connectivity index (χ0) is 35.6. The highest BCUT2D eigenvalue weighted by molar-refractivity contribution is 9.10. The van der Waals surface area contributed by atoms with Crippen LogP contribution in [0.1, 0.15) is 11.1 Å². The zero-order valence-electron chi connectivity index (χ0n) is 28.3. The maximum atomic E-state index is 8.81. The maximum absolute atomic E-state index is 8.81. The fourth-order valence-corrected chi connectivity index (χ4v) is 5.50. The van der Waals surface area contributed by atoms with Gasteiger partial charge in [0, 0.05) is 25.5 Å². The minimum atomic E-state index is -1.47. The Morgan fingerprint density at radius 2 is 0.776 bits per heavy atom. The number of para-hydroxylation sites is 3. The summed E-state index contributed by atoms with van der Waals surface area (Å²) in [5, 5.41) is 17.6. The number of halogens is 2.